The van der Waals surface area contributed by atoms with Crippen LogP contribution >= 0.6 is 0 Å². The van der Waals surface area contributed by atoms with E-state index in [0.717, 1.165) is 27.9 Å². The molecule has 0 spiro atoms. The van der Waals surface area contributed by atoms with Crippen molar-refractivity contribution in [3.63, 3.8) is 0 Å². The van der Waals surface area contributed by atoms with Gasteiger partial charge in [0.2, 0.25) is 0 Å². The Bertz CT molecular complexity index is 1810. The van der Waals surface area contributed by atoms with Crippen LogP contribution in [-0.4, -0.2) is 78.7 Å². The molecule has 0 radical (unpaired) electrons. The van der Waals surface area contributed by atoms with Crippen molar-refractivity contribution in [1.82, 2.24) is 24.5 Å². The van der Waals surface area contributed by atoms with E-state index in [1.807, 2.05) is 78.8 Å². The number of fused-ring (bicyclic) bond motifs is 1. The smallest absolute Gasteiger partial charge is 0.416 e. The number of aliphatic hydroxyl groups excluding tert-OH is 1. The summed E-state index contributed by atoms with van der Waals surface area (Å²) in [5, 5.41) is 19.1. The quantitative estimate of drug-likeness (QED) is 0.198. The number of aryl methyl sites for hydroxylation is 1. The van der Waals surface area contributed by atoms with Gasteiger partial charge in [-0.15, -0.1) is 0 Å². The zero-order valence-corrected chi connectivity index (χ0v) is 30.7. The van der Waals surface area contributed by atoms with Gasteiger partial charge in [-0.25, -0.2) is 14.6 Å². The summed E-state index contributed by atoms with van der Waals surface area (Å²) in [7, 11) is 0. The van der Waals surface area contributed by atoms with Crippen molar-refractivity contribution >= 4 is 29.5 Å². The second kappa shape index (κ2) is 14.6. The zero-order valence-electron chi connectivity index (χ0n) is 30.7. The maximum atomic E-state index is 14.0. The number of aliphatic hydroxyl groups is 1. The standard InChI is InChI=1S/C38H51N7O5/c1-24(2)29-21-41-45-33(19-32(42-34(29)45)40-20-27-15-17-43(23-31(27)46)35(47)49-37(4,5)6)44(36(48)50-38(7,8)9)22-26-13-14-28(25(3)18-26)30-12-10-11-16-39-30/h10-14,16,18-19,21,24,27,31,46H,15,17,20,22-23H2,1-9H3,(H,40,42)/t27-,31+/m1/s1. The van der Waals surface area contributed by atoms with Gasteiger partial charge in [-0.1, -0.05) is 38.1 Å². The van der Waals surface area contributed by atoms with Crippen molar-refractivity contribution < 1.29 is 24.2 Å². The van der Waals surface area contributed by atoms with Crippen molar-refractivity contribution in [1.29, 1.82) is 0 Å². The number of benzene rings is 1. The third-order valence-corrected chi connectivity index (χ3v) is 8.48. The Hall–Kier alpha value is -4.71. The van der Waals surface area contributed by atoms with Gasteiger partial charge in [-0.2, -0.15) is 9.61 Å². The third-order valence-electron chi connectivity index (χ3n) is 8.48. The number of carbonyl (C=O) groups is 2. The molecule has 12 heteroatoms. The van der Waals surface area contributed by atoms with Crippen LogP contribution in [0.25, 0.3) is 16.9 Å². The van der Waals surface area contributed by atoms with Crippen LogP contribution in [0.1, 0.15) is 84.4 Å². The van der Waals surface area contributed by atoms with Crippen LogP contribution in [0.15, 0.2) is 54.9 Å². The SMILES string of the molecule is Cc1cc(CN(C(=O)OC(C)(C)C)c2cc(NC[C@H]3CCN(C(=O)OC(C)(C)C)C[C@@H]3O)nc3c(C(C)C)cnn23)ccc1-c1ccccn1. The lowest BCUT2D eigenvalue weighted by Crippen LogP contribution is -2.49. The van der Waals surface area contributed by atoms with Gasteiger partial charge in [0, 0.05) is 42.4 Å². The summed E-state index contributed by atoms with van der Waals surface area (Å²) >= 11 is 0. The van der Waals surface area contributed by atoms with E-state index in [-0.39, 0.29) is 24.9 Å². The predicted molar refractivity (Wildman–Crippen MR) is 194 cm³/mol. The van der Waals surface area contributed by atoms with Crippen LogP contribution in [-0.2, 0) is 16.0 Å². The first-order valence-electron chi connectivity index (χ1n) is 17.3. The van der Waals surface area contributed by atoms with Crippen LogP contribution < -0.4 is 10.2 Å². The number of piperidine rings is 1. The highest BCUT2D eigenvalue weighted by atomic mass is 16.6. The minimum atomic E-state index is -0.747. The highest BCUT2D eigenvalue weighted by Crippen LogP contribution is 2.30. The van der Waals surface area contributed by atoms with Gasteiger partial charge < -0.3 is 24.8 Å². The van der Waals surface area contributed by atoms with Crippen molar-refractivity contribution in [2.45, 2.75) is 98.5 Å². The molecule has 2 atom stereocenters. The summed E-state index contributed by atoms with van der Waals surface area (Å²) in [6.07, 6.45) is 2.46. The van der Waals surface area contributed by atoms with E-state index in [4.69, 9.17) is 14.5 Å². The van der Waals surface area contributed by atoms with Crippen LogP contribution in [0.3, 0.4) is 0 Å². The topological polar surface area (TPSA) is 134 Å². The number of anilines is 2. The van der Waals surface area contributed by atoms with E-state index in [0.29, 0.717) is 36.8 Å². The number of β-amino-alcohol motifs (C(OH)–C–C–N with tert-alkyl or cyclic N) is 1. The number of amides is 2. The Morgan fingerprint density at radius 2 is 1.80 bits per heavy atom. The Labute approximate surface area is 294 Å². The lowest BCUT2D eigenvalue weighted by molar-refractivity contribution is -0.0104. The lowest BCUT2D eigenvalue weighted by Gasteiger charge is -2.36. The molecule has 0 unspecified atom stereocenters. The van der Waals surface area contributed by atoms with E-state index in [9.17, 15) is 14.7 Å². The first kappa shape index (κ1) is 36.6. The molecule has 1 fully saturated rings. The van der Waals surface area contributed by atoms with Crippen molar-refractivity contribution in [2.75, 3.05) is 29.9 Å². The summed E-state index contributed by atoms with van der Waals surface area (Å²) < 4.78 is 13.1. The molecule has 4 heterocycles. The van der Waals surface area contributed by atoms with Crippen molar-refractivity contribution in [3.05, 3.63) is 71.5 Å². The molecule has 1 aliphatic heterocycles. The fourth-order valence-corrected chi connectivity index (χ4v) is 5.97. The average molecular weight is 686 g/mol. The number of likely N-dealkylation sites (tertiary alicyclic amines) is 1. The molecule has 2 amide bonds. The first-order chi connectivity index (χ1) is 23.5. The molecule has 1 aromatic carbocycles. The molecule has 3 aromatic heterocycles. The van der Waals surface area contributed by atoms with Crippen molar-refractivity contribution in [3.8, 4) is 11.3 Å². The van der Waals surface area contributed by atoms with Crippen LogP contribution in [0.2, 0.25) is 0 Å². The number of pyridine rings is 1. The van der Waals surface area contributed by atoms with Crippen molar-refractivity contribution in [2.24, 2.45) is 5.92 Å². The maximum absolute atomic E-state index is 14.0. The zero-order chi connectivity index (χ0) is 36.4. The first-order valence-corrected chi connectivity index (χ1v) is 17.3. The molecule has 268 valence electrons. The molecule has 12 nitrogen and oxygen atoms in total. The van der Waals surface area contributed by atoms with Gasteiger partial charge in [0.05, 0.1) is 31.1 Å². The fourth-order valence-electron chi connectivity index (χ4n) is 5.97. The number of aromatic nitrogens is 4. The predicted octanol–water partition coefficient (Wildman–Crippen LogP) is 7.19. The molecular weight excluding hydrogens is 634 g/mol. The van der Waals surface area contributed by atoms with Gasteiger partial charge in [-0.05, 0) is 84.1 Å². The monoisotopic (exact) mass is 685 g/mol. The minimum Gasteiger partial charge on any atom is -0.444 e. The van der Waals surface area contributed by atoms with E-state index in [2.05, 4.69) is 35.3 Å². The molecule has 1 aliphatic rings. The molecule has 50 heavy (non-hydrogen) atoms. The second-order valence-electron chi connectivity index (χ2n) is 15.3. The largest absolute Gasteiger partial charge is 0.444 e. The van der Waals surface area contributed by atoms with E-state index >= 15 is 0 Å². The number of nitrogens with zero attached hydrogens (tertiary/aromatic N) is 6. The second-order valence-corrected chi connectivity index (χ2v) is 15.3. The summed E-state index contributed by atoms with van der Waals surface area (Å²) in [6.45, 7) is 18.5. The normalized spacial score (nSPS) is 16.8. The van der Waals surface area contributed by atoms with Gasteiger partial charge in [0.15, 0.2) is 5.65 Å². The number of ether oxygens (including phenoxy) is 2. The fraction of sp³-hybridized carbons (Fsp3) is 0.500. The molecule has 0 bridgehead atoms. The number of hydrogen-bond acceptors (Lipinski definition) is 9. The van der Waals surface area contributed by atoms with E-state index in [1.54, 1.807) is 32.8 Å². The maximum Gasteiger partial charge on any atom is 0.416 e. The van der Waals surface area contributed by atoms with Gasteiger partial charge in [0.25, 0.3) is 0 Å². The number of nitrogens with one attached hydrogen (secondary N) is 1. The highest BCUT2D eigenvalue weighted by molar-refractivity contribution is 5.88. The Morgan fingerprint density at radius 1 is 1.06 bits per heavy atom. The van der Waals surface area contributed by atoms with E-state index < -0.39 is 29.5 Å². The molecular formula is C38H51N7O5. The summed E-state index contributed by atoms with van der Waals surface area (Å²) in [5.41, 5.74) is 4.04. The minimum absolute atomic E-state index is 0.124. The summed E-state index contributed by atoms with van der Waals surface area (Å²) in [4.78, 5) is 39.2. The molecule has 2 N–H and O–H groups in total. The van der Waals surface area contributed by atoms with Crippen LogP contribution in [0.4, 0.5) is 21.2 Å². The molecule has 4 aromatic rings. The number of carbonyl (C=O) groups excluding carboxylic acids is 2. The van der Waals surface area contributed by atoms with Gasteiger partial charge in [-0.3, -0.25) is 9.88 Å². The molecule has 0 saturated carbocycles. The lowest BCUT2D eigenvalue weighted by atomic mass is 9.94. The Morgan fingerprint density at radius 3 is 2.42 bits per heavy atom. The number of rotatable bonds is 8. The summed E-state index contributed by atoms with van der Waals surface area (Å²) in [6, 6.07) is 13.7. The van der Waals surface area contributed by atoms with Gasteiger partial charge >= 0.3 is 12.2 Å². The Kier molecular flexibility index (Phi) is 10.7. The van der Waals surface area contributed by atoms with Gasteiger partial charge in [0.1, 0.15) is 22.8 Å². The highest BCUT2D eigenvalue weighted by Gasteiger charge is 2.33. The molecule has 0 aliphatic carbocycles. The summed E-state index contributed by atoms with van der Waals surface area (Å²) in [5.74, 6) is 1.02. The number of hydrogen-bond donors (Lipinski definition) is 2. The van der Waals surface area contributed by atoms with Crippen LogP contribution in [0, 0.1) is 12.8 Å². The third kappa shape index (κ3) is 8.90. The molecule has 5 rings (SSSR count). The van der Waals surface area contributed by atoms with E-state index in [1.165, 1.54) is 0 Å². The molecule has 1 saturated heterocycles. The van der Waals surface area contributed by atoms with Crippen LogP contribution in [0.5, 0.6) is 0 Å². The average Bonchev–Trinajstić information content (AvgIpc) is 3.46. The Balaban J connectivity index is 1.45.